The van der Waals surface area contributed by atoms with Crippen LogP contribution in [0.1, 0.15) is 0 Å². The molecule has 2 rings (SSSR count). The lowest BCUT2D eigenvalue weighted by atomic mass is 10.3. The molecule has 0 aliphatic rings. The Morgan fingerprint density at radius 3 is 2.68 bits per heavy atom. The standard InChI is InChI=1S/C11H12N6O2/c1-19-7-5-3-2-4-6(7)16-17-8-9(12)14-11(13)15-10(8)18/h2-5H,1H3,(H5,12,13,14,15,18). The van der Waals surface area contributed by atoms with Gasteiger partial charge in [-0.05, 0) is 12.1 Å². The molecule has 0 aliphatic carbocycles. The zero-order valence-corrected chi connectivity index (χ0v) is 10.1. The van der Waals surface area contributed by atoms with E-state index in [-0.39, 0.29) is 17.5 Å². The van der Waals surface area contributed by atoms with Crippen LogP contribution >= 0.6 is 0 Å². The topological polar surface area (TPSA) is 132 Å². The lowest BCUT2D eigenvalue weighted by Gasteiger charge is -2.02. The summed E-state index contributed by atoms with van der Waals surface area (Å²) in [5.74, 6) is 0.378. The van der Waals surface area contributed by atoms with Gasteiger partial charge in [0.05, 0.1) is 7.11 Å². The molecule has 0 unspecified atom stereocenters. The highest BCUT2D eigenvalue weighted by molar-refractivity contribution is 5.58. The van der Waals surface area contributed by atoms with E-state index < -0.39 is 5.56 Å². The van der Waals surface area contributed by atoms with Gasteiger partial charge in [-0.1, -0.05) is 12.1 Å². The zero-order chi connectivity index (χ0) is 13.8. The van der Waals surface area contributed by atoms with Crippen LogP contribution in [0.4, 0.5) is 23.1 Å². The molecule has 0 saturated carbocycles. The SMILES string of the molecule is COc1ccccc1N=Nc1c(N)nc(N)[nH]c1=O. The first kappa shape index (κ1) is 12.6. The molecular formula is C11H12N6O2. The summed E-state index contributed by atoms with van der Waals surface area (Å²) in [5, 5.41) is 7.70. The van der Waals surface area contributed by atoms with E-state index in [1.165, 1.54) is 7.11 Å². The number of para-hydroxylation sites is 1. The summed E-state index contributed by atoms with van der Waals surface area (Å²) in [7, 11) is 1.51. The number of methoxy groups -OCH3 is 1. The summed E-state index contributed by atoms with van der Waals surface area (Å²) in [5.41, 5.74) is 10.7. The van der Waals surface area contributed by atoms with Crippen LogP contribution in [-0.2, 0) is 0 Å². The molecule has 1 aromatic carbocycles. The van der Waals surface area contributed by atoms with Gasteiger partial charge in [0.2, 0.25) is 5.95 Å². The van der Waals surface area contributed by atoms with Gasteiger partial charge in [0, 0.05) is 0 Å². The third kappa shape index (κ3) is 2.68. The number of ether oxygens (including phenoxy) is 1. The van der Waals surface area contributed by atoms with Gasteiger partial charge in [0.15, 0.2) is 11.5 Å². The smallest absolute Gasteiger partial charge is 0.282 e. The van der Waals surface area contributed by atoms with Crippen LogP contribution in [0, 0.1) is 0 Å². The first-order valence-corrected chi connectivity index (χ1v) is 5.32. The van der Waals surface area contributed by atoms with Crippen LogP contribution in [0.2, 0.25) is 0 Å². The molecule has 0 fully saturated rings. The second-order valence-electron chi connectivity index (χ2n) is 3.56. The third-order valence-electron chi connectivity index (χ3n) is 2.28. The van der Waals surface area contributed by atoms with E-state index in [0.717, 1.165) is 0 Å². The second kappa shape index (κ2) is 5.17. The minimum absolute atomic E-state index is 0.0706. The van der Waals surface area contributed by atoms with Crippen molar-refractivity contribution in [3.05, 3.63) is 34.6 Å². The van der Waals surface area contributed by atoms with Gasteiger partial charge in [-0.3, -0.25) is 9.78 Å². The maximum atomic E-state index is 11.6. The van der Waals surface area contributed by atoms with E-state index in [1.807, 2.05) is 0 Å². The molecule has 2 aromatic rings. The summed E-state index contributed by atoms with van der Waals surface area (Å²) < 4.78 is 5.11. The maximum Gasteiger partial charge on any atom is 0.282 e. The fraction of sp³-hybridized carbons (Fsp3) is 0.0909. The van der Waals surface area contributed by atoms with Crippen molar-refractivity contribution in [2.45, 2.75) is 0 Å². The number of hydrogen-bond acceptors (Lipinski definition) is 7. The molecule has 0 spiro atoms. The van der Waals surface area contributed by atoms with Crippen molar-refractivity contribution in [1.29, 1.82) is 0 Å². The van der Waals surface area contributed by atoms with Gasteiger partial charge in [0.25, 0.3) is 5.56 Å². The number of benzene rings is 1. The van der Waals surface area contributed by atoms with Crippen molar-refractivity contribution >= 4 is 23.1 Å². The molecule has 0 aliphatic heterocycles. The fourth-order valence-corrected chi connectivity index (χ4v) is 1.42. The van der Waals surface area contributed by atoms with Crippen LogP contribution in [0.3, 0.4) is 0 Å². The van der Waals surface area contributed by atoms with E-state index in [0.29, 0.717) is 11.4 Å². The number of aromatic nitrogens is 2. The highest BCUT2D eigenvalue weighted by Gasteiger charge is 2.07. The van der Waals surface area contributed by atoms with E-state index in [2.05, 4.69) is 20.2 Å². The molecule has 0 radical (unpaired) electrons. The van der Waals surface area contributed by atoms with Gasteiger partial charge in [-0.25, -0.2) is 0 Å². The summed E-state index contributed by atoms with van der Waals surface area (Å²) in [6.07, 6.45) is 0. The Hall–Kier alpha value is -2.90. The van der Waals surface area contributed by atoms with Crippen molar-refractivity contribution in [2.75, 3.05) is 18.6 Å². The average Bonchev–Trinajstić information content (AvgIpc) is 2.38. The molecule has 5 N–H and O–H groups in total. The minimum Gasteiger partial charge on any atom is -0.494 e. The Morgan fingerprint density at radius 1 is 1.26 bits per heavy atom. The van der Waals surface area contributed by atoms with Gasteiger partial charge in [-0.2, -0.15) is 4.98 Å². The van der Waals surface area contributed by atoms with E-state index in [9.17, 15) is 4.79 Å². The van der Waals surface area contributed by atoms with Gasteiger partial charge < -0.3 is 16.2 Å². The van der Waals surface area contributed by atoms with E-state index in [1.54, 1.807) is 24.3 Å². The molecule has 0 amide bonds. The predicted octanol–water partition coefficient (Wildman–Crippen LogP) is 1.36. The quantitative estimate of drug-likeness (QED) is 0.717. The highest BCUT2D eigenvalue weighted by Crippen LogP contribution is 2.28. The number of nitrogens with one attached hydrogen (secondary N) is 1. The largest absolute Gasteiger partial charge is 0.494 e. The molecule has 8 nitrogen and oxygen atoms in total. The molecular weight excluding hydrogens is 248 g/mol. The molecule has 0 atom stereocenters. The number of nitrogen functional groups attached to an aromatic ring is 2. The van der Waals surface area contributed by atoms with Crippen molar-refractivity contribution < 1.29 is 4.74 Å². The Bertz CT molecular complexity index is 679. The Balaban J connectivity index is 2.41. The van der Waals surface area contributed by atoms with Crippen molar-refractivity contribution in [1.82, 2.24) is 9.97 Å². The van der Waals surface area contributed by atoms with Crippen molar-refractivity contribution in [3.8, 4) is 5.75 Å². The average molecular weight is 260 g/mol. The molecule has 0 saturated heterocycles. The molecule has 1 heterocycles. The maximum absolute atomic E-state index is 11.6. The Labute approximate surface area is 108 Å². The number of hydrogen-bond donors (Lipinski definition) is 3. The lowest BCUT2D eigenvalue weighted by Crippen LogP contribution is -2.12. The number of nitrogens with zero attached hydrogens (tertiary/aromatic N) is 3. The van der Waals surface area contributed by atoms with Gasteiger partial charge >= 0.3 is 0 Å². The summed E-state index contributed by atoms with van der Waals surface area (Å²) >= 11 is 0. The number of nitrogens with two attached hydrogens (primary N) is 2. The van der Waals surface area contributed by atoms with Crippen LogP contribution < -0.4 is 21.8 Å². The molecule has 0 bridgehead atoms. The first-order valence-electron chi connectivity index (χ1n) is 5.32. The summed E-state index contributed by atoms with van der Waals surface area (Å²) in [6, 6.07) is 6.98. The fourth-order valence-electron chi connectivity index (χ4n) is 1.42. The zero-order valence-electron chi connectivity index (χ0n) is 10.1. The van der Waals surface area contributed by atoms with E-state index in [4.69, 9.17) is 16.2 Å². The van der Waals surface area contributed by atoms with Crippen molar-refractivity contribution in [2.24, 2.45) is 10.2 Å². The lowest BCUT2D eigenvalue weighted by molar-refractivity contribution is 0.416. The van der Waals surface area contributed by atoms with E-state index >= 15 is 0 Å². The van der Waals surface area contributed by atoms with Gasteiger partial charge in [0.1, 0.15) is 11.4 Å². The number of azo groups is 1. The molecule has 98 valence electrons. The monoisotopic (exact) mass is 260 g/mol. The van der Waals surface area contributed by atoms with Crippen LogP contribution in [0.5, 0.6) is 5.75 Å². The summed E-state index contributed by atoms with van der Waals surface area (Å²) in [4.78, 5) is 17.6. The molecule has 1 aromatic heterocycles. The number of anilines is 2. The molecule has 19 heavy (non-hydrogen) atoms. The van der Waals surface area contributed by atoms with Gasteiger partial charge in [-0.15, -0.1) is 10.2 Å². The Morgan fingerprint density at radius 2 is 2.00 bits per heavy atom. The first-order chi connectivity index (χ1) is 9.11. The number of H-pyrrole nitrogens is 1. The highest BCUT2D eigenvalue weighted by atomic mass is 16.5. The number of aromatic amines is 1. The summed E-state index contributed by atoms with van der Waals surface area (Å²) in [6.45, 7) is 0. The normalized spacial score (nSPS) is 10.8. The predicted molar refractivity (Wildman–Crippen MR) is 70.9 cm³/mol. The second-order valence-corrected chi connectivity index (χ2v) is 3.56. The van der Waals surface area contributed by atoms with Crippen LogP contribution in [0.25, 0.3) is 0 Å². The minimum atomic E-state index is -0.552. The Kier molecular flexibility index (Phi) is 3.42. The third-order valence-corrected chi connectivity index (χ3v) is 2.28. The molecule has 8 heteroatoms. The number of rotatable bonds is 3. The van der Waals surface area contributed by atoms with Crippen LogP contribution in [0.15, 0.2) is 39.3 Å². The van der Waals surface area contributed by atoms with Crippen molar-refractivity contribution in [3.63, 3.8) is 0 Å². The van der Waals surface area contributed by atoms with Crippen LogP contribution in [-0.4, -0.2) is 17.1 Å².